The first kappa shape index (κ1) is 13.1. The van der Waals surface area contributed by atoms with Crippen LogP contribution in [0.25, 0.3) is 0 Å². The Bertz CT molecular complexity index is 377. The molecule has 5 heteroatoms. The van der Waals surface area contributed by atoms with E-state index in [1.807, 2.05) is 26.0 Å². The number of aliphatic hydroxyl groups is 1. The third-order valence-corrected chi connectivity index (χ3v) is 3.08. The van der Waals surface area contributed by atoms with Gasteiger partial charge in [-0.15, -0.1) is 0 Å². The molecule has 0 bridgehead atoms. The first-order chi connectivity index (χ1) is 8.44. The summed E-state index contributed by atoms with van der Waals surface area (Å²) < 4.78 is 0. The maximum atomic E-state index is 9.80. The molecule has 2 rings (SSSR count). The molecular weight excluding hydrogens is 228 g/mol. The molecule has 0 amide bonds. The number of anilines is 2. The third-order valence-electron chi connectivity index (χ3n) is 3.08. The molecule has 1 saturated heterocycles. The lowest BCUT2D eigenvalue weighted by Crippen LogP contribution is -2.50. The maximum absolute atomic E-state index is 9.80. The number of nitrogens with two attached hydrogens (primary N) is 1. The number of nitrogen functional groups attached to an aromatic ring is 1. The highest BCUT2D eigenvalue weighted by atomic mass is 16.3. The van der Waals surface area contributed by atoms with Gasteiger partial charge < -0.3 is 15.7 Å². The molecule has 3 N–H and O–H groups in total. The van der Waals surface area contributed by atoms with Crippen LogP contribution in [0.4, 0.5) is 11.5 Å². The smallest absolute Gasteiger partial charge is 0.128 e. The van der Waals surface area contributed by atoms with E-state index in [0.717, 1.165) is 38.5 Å². The summed E-state index contributed by atoms with van der Waals surface area (Å²) in [5.74, 6) is 0.979. The number of hydrogen-bond acceptors (Lipinski definition) is 5. The van der Waals surface area contributed by atoms with Crippen LogP contribution in [0.15, 0.2) is 18.3 Å². The predicted octanol–water partition coefficient (Wildman–Crippen LogP) is 0.557. The van der Waals surface area contributed by atoms with Gasteiger partial charge in [0.2, 0.25) is 0 Å². The molecular formula is C13H22N4O. The Morgan fingerprint density at radius 2 is 1.94 bits per heavy atom. The average molecular weight is 250 g/mol. The van der Waals surface area contributed by atoms with Gasteiger partial charge in [-0.1, -0.05) is 0 Å². The highest BCUT2D eigenvalue weighted by Gasteiger charge is 2.23. The molecule has 0 atom stereocenters. The van der Waals surface area contributed by atoms with Gasteiger partial charge in [-0.3, -0.25) is 4.90 Å². The van der Waals surface area contributed by atoms with Crippen LogP contribution in [-0.4, -0.2) is 53.3 Å². The number of piperazine rings is 1. The molecule has 1 aromatic heterocycles. The first-order valence-corrected chi connectivity index (χ1v) is 6.35. The van der Waals surface area contributed by atoms with Crippen molar-refractivity contribution in [3.05, 3.63) is 18.3 Å². The number of hydrogen-bond donors (Lipinski definition) is 2. The van der Waals surface area contributed by atoms with E-state index in [1.165, 1.54) is 0 Å². The summed E-state index contributed by atoms with van der Waals surface area (Å²) in [6.07, 6.45) is 1.69. The molecule has 0 radical (unpaired) electrons. The van der Waals surface area contributed by atoms with Gasteiger partial charge in [0.15, 0.2) is 0 Å². The fraction of sp³-hybridized carbons (Fsp3) is 0.615. The topological polar surface area (TPSA) is 65.6 Å². The molecule has 18 heavy (non-hydrogen) atoms. The Labute approximate surface area is 108 Å². The van der Waals surface area contributed by atoms with Crippen LogP contribution in [0.2, 0.25) is 0 Å². The summed E-state index contributed by atoms with van der Waals surface area (Å²) in [5.41, 5.74) is 5.70. The third kappa shape index (κ3) is 3.58. The Balaban J connectivity index is 1.88. The highest BCUT2D eigenvalue weighted by Crippen LogP contribution is 2.15. The van der Waals surface area contributed by atoms with Crippen LogP contribution in [0.3, 0.4) is 0 Å². The number of rotatable bonds is 3. The fourth-order valence-corrected chi connectivity index (χ4v) is 2.27. The molecule has 0 aliphatic carbocycles. The number of aromatic nitrogens is 1. The van der Waals surface area contributed by atoms with Gasteiger partial charge in [0.05, 0.1) is 17.5 Å². The van der Waals surface area contributed by atoms with Crippen molar-refractivity contribution in [2.24, 2.45) is 0 Å². The van der Waals surface area contributed by atoms with E-state index >= 15 is 0 Å². The molecule has 1 aromatic rings. The summed E-state index contributed by atoms with van der Waals surface area (Å²) in [6.45, 7) is 8.20. The molecule has 100 valence electrons. The van der Waals surface area contributed by atoms with Crippen LogP contribution in [0.5, 0.6) is 0 Å². The van der Waals surface area contributed by atoms with Crippen LogP contribution < -0.4 is 10.6 Å². The zero-order valence-electron chi connectivity index (χ0n) is 11.1. The Morgan fingerprint density at radius 1 is 1.28 bits per heavy atom. The van der Waals surface area contributed by atoms with Gasteiger partial charge in [0.1, 0.15) is 5.82 Å². The zero-order chi connectivity index (χ0) is 13.2. The predicted molar refractivity (Wildman–Crippen MR) is 73.6 cm³/mol. The van der Waals surface area contributed by atoms with E-state index in [0.29, 0.717) is 5.69 Å². The highest BCUT2D eigenvalue weighted by molar-refractivity contribution is 5.46. The largest absolute Gasteiger partial charge is 0.397 e. The molecule has 0 unspecified atom stereocenters. The lowest BCUT2D eigenvalue weighted by atomic mass is 10.1. The molecule has 1 aliphatic rings. The van der Waals surface area contributed by atoms with Gasteiger partial charge in [-0.2, -0.15) is 0 Å². The monoisotopic (exact) mass is 250 g/mol. The van der Waals surface area contributed by atoms with Crippen molar-refractivity contribution in [3.63, 3.8) is 0 Å². The molecule has 1 fully saturated rings. The van der Waals surface area contributed by atoms with Crippen molar-refractivity contribution >= 4 is 11.5 Å². The summed E-state index contributed by atoms with van der Waals surface area (Å²) in [7, 11) is 0. The van der Waals surface area contributed by atoms with Gasteiger partial charge in [-0.25, -0.2) is 4.98 Å². The van der Waals surface area contributed by atoms with Gasteiger partial charge >= 0.3 is 0 Å². The number of β-amino-alcohol motifs (C(OH)–C–C–N with tert-alkyl or cyclic N) is 1. The fourth-order valence-electron chi connectivity index (χ4n) is 2.27. The minimum absolute atomic E-state index is 0.623. The van der Waals surface area contributed by atoms with E-state index in [4.69, 9.17) is 5.73 Å². The molecule has 1 aliphatic heterocycles. The van der Waals surface area contributed by atoms with Gasteiger partial charge in [0.25, 0.3) is 0 Å². The molecule has 0 saturated carbocycles. The quantitative estimate of drug-likeness (QED) is 0.820. The van der Waals surface area contributed by atoms with E-state index < -0.39 is 5.60 Å². The number of nitrogens with zero attached hydrogens (tertiary/aromatic N) is 3. The van der Waals surface area contributed by atoms with Gasteiger partial charge in [0, 0.05) is 32.7 Å². The van der Waals surface area contributed by atoms with E-state index in [1.54, 1.807) is 6.20 Å². The van der Waals surface area contributed by atoms with E-state index in [2.05, 4.69) is 14.8 Å². The lowest BCUT2D eigenvalue weighted by Gasteiger charge is -2.37. The second kappa shape index (κ2) is 5.12. The normalized spacial score (nSPS) is 18.1. The Hall–Kier alpha value is -1.33. The average Bonchev–Trinajstić information content (AvgIpc) is 2.29. The molecule has 5 nitrogen and oxygen atoms in total. The SMILES string of the molecule is CC(C)(O)CN1CCN(c2ccc(N)cn2)CC1. The standard InChI is InChI=1S/C13H22N4O/c1-13(2,18)10-16-5-7-17(8-6-16)12-4-3-11(14)9-15-12/h3-4,9,18H,5-8,10,14H2,1-2H3. The summed E-state index contributed by atoms with van der Waals surface area (Å²) >= 11 is 0. The van der Waals surface area contributed by atoms with Crippen molar-refractivity contribution in [1.29, 1.82) is 0 Å². The van der Waals surface area contributed by atoms with Crippen LogP contribution in [-0.2, 0) is 0 Å². The lowest BCUT2D eigenvalue weighted by molar-refractivity contribution is 0.0344. The van der Waals surface area contributed by atoms with Gasteiger partial charge in [-0.05, 0) is 26.0 Å². The second-order valence-electron chi connectivity index (χ2n) is 5.53. The first-order valence-electron chi connectivity index (χ1n) is 6.35. The van der Waals surface area contributed by atoms with Crippen LogP contribution in [0, 0.1) is 0 Å². The molecule has 2 heterocycles. The van der Waals surface area contributed by atoms with Crippen LogP contribution in [0.1, 0.15) is 13.8 Å². The van der Waals surface area contributed by atoms with Crippen molar-refractivity contribution < 1.29 is 5.11 Å². The van der Waals surface area contributed by atoms with Crippen LogP contribution >= 0.6 is 0 Å². The summed E-state index contributed by atoms with van der Waals surface area (Å²) in [5, 5.41) is 9.80. The molecule has 0 spiro atoms. The van der Waals surface area contributed by atoms with E-state index in [-0.39, 0.29) is 0 Å². The van der Waals surface area contributed by atoms with Crippen molar-refractivity contribution in [2.75, 3.05) is 43.4 Å². The number of pyridine rings is 1. The van der Waals surface area contributed by atoms with Crippen molar-refractivity contribution in [1.82, 2.24) is 9.88 Å². The zero-order valence-corrected chi connectivity index (χ0v) is 11.1. The maximum Gasteiger partial charge on any atom is 0.128 e. The van der Waals surface area contributed by atoms with Crippen molar-refractivity contribution in [2.45, 2.75) is 19.4 Å². The second-order valence-corrected chi connectivity index (χ2v) is 5.53. The summed E-state index contributed by atoms with van der Waals surface area (Å²) in [6, 6.07) is 3.84. The Kier molecular flexibility index (Phi) is 3.73. The van der Waals surface area contributed by atoms with Crippen molar-refractivity contribution in [3.8, 4) is 0 Å². The minimum Gasteiger partial charge on any atom is -0.397 e. The minimum atomic E-state index is -0.623. The summed E-state index contributed by atoms with van der Waals surface area (Å²) in [4.78, 5) is 8.87. The van der Waals surface area contributed by atoms with E-state index in [9.17, 15) is 5.11 Å². The Morgan fingerprint density at radius 3 is 2.44 bits per heavy atom. The molecule has 0 aromatic carbocycles.